The highest BCUT2D eigenvalue weighted by molar-refractivity contribution is 6.12. The molecule has 0 N–H and O–H groups in total. The van der Waals surface area contributed by atoms with Crippen molar-refractivity contribution in [2.75, 3.05) is 9.80 Å². The third-order valence-electron chi connectivity index (χ3n) is 22.5. The predicted molar refractivity (Wildman–Crippen MR) is 451 cm³/mol. The Balaban J connectivity index is 0.623. The van der Waals surface area contributed by atoms with Crippen LogP contribution in [0.2, 0.25) is 0 Å². The molecule has 11 heteroatoms. The number of halogens is 3. The summed E-state index contributed by atoms with van der Waals surface area (Å²) in [5.41, 5.74) is 26.6. The van der Waals surface area contributed by atoms with Gasteiger partial charge in [-0.25, -0.2) is 19.9 Å². The molecule has 112 heavy (non-hydrogen) atoms. The molecule has 0 fully saturated rings. The molecule has 2 aliphatic heterocycles. The molecule has 4 aromatic heterocycles. The second-order valence-corrected chi connectivity index (χ2v) is 29.1. The molecule has 15 aromatic carbocycles. The highest BCUT2D eigenvalue weighted by atomic mass is 19.4. The van der Waals surface area contributed by atoms with Crippen LogP contribution >= 0.6 is 0 Å². The first-order valence-corrected chi connectivity index (χ1v) is 38.0. The van der Waals surface area contributed by atoms with Gasteiger partial charge in [0.15, 0.2) is 11.6 Å². The molecule has 0 unspecified atom stereocenters. The summed E-state index contributed by atoms with van der Waals surface area (Å²) in [6, 6.07) is 124. The molecule has 8 nitrogen and oxygen atoms in total. The van der Waals surface area contributed by atoms with Gasteiger partial charge < -0.3 is 9.13 Å². The van der Waals surface area contributed by atoms with Crippen LogP contribution in [0.25, 0.3) is 144 Å². The van der Waals surface area contributed by atoms with Crippen LogP contribution in [-0.2, 0) is 31.9 Å². The smallest absolute Gasteiger partial charge is 0.309 e. The summed E-state index contributed by atoms with van der Waals surface area (Å²) >= 11 is 0. The van der Waals surface area contributed by atoms with Crippen molar-refractivity contribution >= 4 is 88.8 Å². The van der Waals surface area contributed by atoms with E-state index in [4.69, 9.17) is 19.9 Å². The number of aryl methyl sites for hydroxylation is 4. The SMILES string of the molecule is FC(F)(F)c1ccc(-n2c3ccccc3c3cc(-c4ccc5c(c4)CCc4cc(-c6ccc7cc(-n8c9ccccc9c9cc(-c%10ccc%11c(c%10)CCc%10ccccc%10N%11c%10cc(-c%11ccccc%11)nc(-c%11ccccc%11)n%10)ccc98)ccc7c6)ccc4N5c4cc(-c5ccccc5)nc(-c5ccccc5)n4)ccc32)cc1. The number of rotatable bonds is 11. The number of alkyl halides is 3. The van der Waals surface area contributed by atoms with Gasteiger partial charge in [-0.05, 0) is 213 Å². The van der Waals surface area contributed by atoms with Gasteiger partial charge in [-0.2, -0.15) is 13.2 Å². The number of anilines is 6. The monoisotopic (exact) mass is 1450 g/mol. The fraction of sp³-hybridized carbons (Fsp3) is 0.0495. The zero-order valence-corrected chi connectivity index (χ0v) is 60.6. The Morgan fingerprint density at radius 3 is 1.09 bits per heavy atom. The lowest BCUT2D eigenvalue weighted by Gasteiger charge is -2.27. The molecule has 532 valence electrons. The van der Waals surface area contributed by atoms with Crippen LogP contribution in [0, 0.1) is 0 Å². The van der Waals surface area contributed by atoms with Crippen molar-refractivity contribution in [3.05, 3.63) is 386 Å². The van der Waals surface area contributed by atoms with Crippen molar-refractivity contribution in [1.29, 1.82) is 0 Å². The van der Waals surface area contributed by atoms with E-state index in [-0.39, 0.29) is 0 Å². The summed E-state index contributed by atoms with van der Waals surface area (Å²) in [5.74, 6) is 2.88. The molecule has 0 spiro atoms. The maximum absolute atomic E-state index is 13.8. The van der Waals surface area contributed by atoms with Gasteiger partial charge in [0.1, 0.15) is 11.6 Å². The van der Waals surface area contributed by atoms with Gasteiger partial charge in [-0.15, -0.1) is 0 Å². The van der Waals surface area contributed by atoms with Crippen LogP contribution < -0.4 is 9.80 Å². The van der Waals surface area contributed by atoms with Gasteiger partial charge in [0.2, 0.25) is 0 Å². The van der Waals surface area contributed by atoms with E-state index in [1.807, 2.05) is 78.9 Å². The molecular formula is C101H67F3N8. The summed E-state index contributed by atoms with van der Waals surface area (Å²) in [5, 5.41) is 6.69. The first kappa shape index (κ1) is 66.0. The average Bonchev–Trinajstić information content (AvgIpc) is 1.57. The van der Waals surface area contributed by atoms with Crippen molar-refractivity contribution in [2.24, 2.45) is 0 Å². The zero-order valence-electron chi connectivity index (χ0n) is 60.6. The summed E-state index contributed by atoms with van der Waals surface area (Å²) in [4.78, 5) is 25.9. The molecule has 0 saturated carbocycles. The standard InChI is InChI=1S/C101H67F3N8/c102-101(103,104)80-45-48-81(49-46-80)109-93-31-17-14-28-83(93)85-60-75(43-53-95(85)109)73-42-52-92-79(58-73)38-37-78-56-71(40-50-91(78)112(92)98-63-88(65-21-7-2-8-22-65)106-100(108-98)68-26-11-4-12-27-68)69-34-35-74-59-82(47-39-70(74)55-69)110-94-32-18-15-29-84(94)86-61-76(44-54-96(86)110)72-41-51-90-77(57-72)36-33-66-23-13-16-30-89(66)111(90)97-62-87(64-19-5-1-6-20-64)105-99(107-97)67-24-9-3-10-25-67/h1-32,34-35,39-63H,33,36-38H2. The molecular weight excluding hydrogens is 1380 g/mol. The highest BCUT2D eigenvalue weighted by Gasteiger charge is 2.32. The van der Waals surface area contributed by atoms with Crippen molar-refractivity contribution in [1.82, 2.24) is 29.1 Å². The lowest BCUT2D eigenvalue weighted by atomic mass is 9.96. The lowest BCUT2D eigenvalue weighted by molar-refractivity contribution is -0.137. The number of para-hydroxylation sites is 3. The minimum atomic E-state index is -4.44. The summed E-state index contributed by atoms with van der Waals surface area (Å²) < 4.78 is 45.9. The second-order valence-electron chi connectivity index (χ2n) is 29.1. The fourth-order valence-electron chi connectivity index (χ4n) is 17.0. The van der Waals surface area contributed by atoms with Gasteiger partial charge >= 0.3 is 6.18 Å². The Labute approximate surface area is 644 Å². The largest absolute Gasteiger partial charge is 0.416 e. The number of aromatic nitrogens is 6. The molecule has 0 amide bonds. The van der Waals surface area contributed by atoms with Gasteiger partial charge in [0, 0.05) is 67.3 Å². The van der Waals surface area contributed by atoms with E-state index in [2.05, 4.69) is 274 Å². The molecule has 0 saturated heterocycles. The van der Waals surface area contributed by atoms with Crippen molar-refractivity contribution in [3.63, 3.8) is 0 Å². The Kier molecular flexibility index (Phi) is 15.8. The van der Waals surface area contributed by atoms with E-state index >= 15 is 0 Å². The van der Waals surface area contributed by atoms with Gasteiger partial charge in [-0.3, -0.25) is 9.80 Å². The third-order valence-corrected chi connectivity index (χ3v) is 22.5. The number of fused-ring (bicyclic) bond motifs is 11. The number of hydrogen-bond acceptors (Lipinski definition) is 6. The Morgan fingerprint density at radius 1 is 0.241 bits per heavy atom. The number of benzene rings is 15. The fourth-order valence-corrected chi connectivity index (χ4v) is 17.0. The first-order valence-electron chi connectivity index (χ1n) is 38.0. The zero-order chi connectivity index (χ0) is 74.5. The molecule has 0 aliphatic carbocycles. The summed E-state index contributed by atoms with van der Waals surface area (Å²) in [6.45, 7) is 0. The topological polar surface area (TPSA) is 67.9 Å². The quantitative estimate of drug-likeness (QED) is 0.129. The molecule has 0 radical (unpaired) electrons. The van der Waals surface area contributed by atoms with E-state index in [9.17, 15) is 13.2 Å². The van der Waals surface area contributed by atoms with Crippen LogP contribution in [-0.4, -0.2) is 29.1 Å². The highest BCUT2D eigenvalue weighted by Crippen LogP contribution is 2.49. The minimum Gasteiger partial charge on any atom is -0.309 e. The molecule has 6 heterocycles. The van der Waals surface area contributed by atoms with Crippen LogP contribution in [0.4, 0.5) is 47.6 Å². The van der Waals surface area contributed by atoms with Crippen LogP contribution in [0.15, 0.2) is 358 Å². The van der Waals surface area contributed by atoms with Crippen molar-refractivity contribution < 1.29 is 13.2 Å². The van der Waals surface area contributed by atoms with E-state index in [0.29, 0.717) is 17.3 Å². The van der Waals surface area contributed by atoms with E-state index in [0.717, 1.165) is 194 Å². The van der Waals surface area contributed by atoms with E-state index < -0.39 is 11.7 Å². The average molecular weight is 1450 g/mol. The molecule has 19 aromatic rings. The first-order chi connectivity index (χ1) is 55.1. The molecule has 2 aliphatic rings. The van der Waals surface area contributed by atoms with Crippen LogP contribution in [0.3, 0.4) is 0 Å². The number of hydrogen-bond donors (Lipinski definition) is 0. The third kappa shape index (κ3) is 11.6. The Morgan fingerprint density at radius 2 is 0.598 bits per heavy atom. The summed E-state index contributed by atoms with van der Waals surface area (Å²) in [7, 11) is 0. The van der Waals surface area contributed by atoms with E-state index in [1.54, 1.807) is 12.1 Å². The van der Waals surface area contributed by atoms with Crippen molar-refractivity contribution in [3.8, 4) is 90.0 Å². The van der Waals surface area contributed by atoms with E-state index in [1.165, 1.54) is 27.5 Å². The Hall–Kier alpha value is -14.3. The maximum Gasteiger partial charge on any atom is 0.416 e. The maximum atomic E-state index is 13.8. The van der Waals surface area contributed by atoms with Gasteiger partial charge in [0.25, 0.3) is 0 Å². The van der Waals surface area contributed by atoms with Gasteiger partial charge in [-0.1, -0.05) is 224 Å². The molecule has 21 rings (SSSR count). The molecule has 0 bridgehead atoms. The second kappa shape index (κ2) is 26.8. The minimum absolute atomic E-state index is 0.627. The number of nitrogens with zero attached hydrogens (tertiary/aromatic N) is 8. The van der Waals surface area contributed by atoms with Crippen LogP contribution in [0.5, 0.6) is 0 Å². The van der Waals surface area contributed by atoms with Crippen LogP contribution in [0.1, 0.15) is 27.8 Å². The molecule has 0 atom stereocenters. The predicted octanol–water partition coefficient (Wildman–Crippen LogP) is 26.4. The normalized spacial score (nSPS) is 12.8. The lowest BCUT2D eigenvalue weighted by Crippen LogP contribution is -2.14. The Bertz CT molecular complexity index is 6820. The summed E-state index contributed by atoms with van der Waals surface area (Å²) in [6.07, 6.45) is -1.17. The van der Waals surface area contributed by atoms with Gasteiger partial charge in [0.05, 0.1) is 61.8 Å². The van der Waals surface area contributed by atoms with Crippen molar-refractivity contribution in [2.45, 2.75) is 31.9 Å².